The van der Waals surface area contributed by atoms with E-state index in [0.717, 1.165) is 61.3 Å². The fourth-order valence-electron chi connectivity index (χ4n) is 5.03. The highest BCUT2D eigenvalue weighted by Crippen LogP contribution is 2.33. The third-order valence-corrected chi connectivity index (χ3v) is 8.34. The zero-order valence-electron chi connectivity index (χ0n) is 20.0. The summed E-state index contributed by atoms with van der Waals surface area (Å²) >= 11 is 0. The maximum absolute atomic E-state index is 13.3. The van der Waals surface area contributed by atoms with Crippen molar-refractivity contribution in [2.75, 3.05) is 30.8 Å². The maximum Gasteiger partial charge on any atom is 0.253 e. The predicted molar refractivity (Wildman–Crippen MR) is 131 cm³/mol. The molecule has 33 heavy (non-hydrogen) atoms. The standard InChI is InChI=1S/C25H34N4O3S/c1-5-33(31,32)27-24-9-8-19-6-7-20(16-23(19)24)25(30)28(4)21-10-12-29(13-11-21)22-14-17(2)26-18(3)15-22/h6-7,14-16,21,24,27H,5,8-13H2,1-4H3. The number of rotatable bonds is 6. The minimum atomic E-state index is -3.30. The average molecular weight is 471 g/mol. The van der Waals surface area contributed by atoms with Crippen molar-refractivity contribution >= 4 is 21.6 Å². The fraction of sp³-hybridized carbons (Fsp3) is 0.520. The average Bonchev–Trinajstić information content (AvgIpc) is 3.19. The van der Waals surface area contributed by atoms with E-state index >= 15 is 0 Å². The van der Waals surface area contributed by atoms with Gasteiger partial charge in [0.1, 0.15) is 0 Å². The van der Waals surface area contributed by atoms with Crippen LogP contribution < -0.4 is 9.62 Å². The molecule has 1 unspecified atom stereocenters. The number of aryl methyl sites for hydroxylation is 3. The highest BCUT2D eigenvalue weighted by Gasteiger charge is 2.30. The largest absolute Gasteiger partial charge is 0.371 e. The van der Waals surface area contributed by atoms with Crippen LogP contribution in [0.15, 0.2) is 30.3 Å². The molecule has 2 heterocycles. The number of piperidine rings is 1. The van der Waals surface area contributed by atoms with E-state index in [1.807, 2.05) is 44.0 Å². The number of anilines is 1. The van der Waals surface area contributed by atoms with E-state index in [-0.39, 0.29) is 23.7 Å². The van der Waals surface area contributed by atoms with Crippen LogP contribution in [0.5, 0.6) is 0 Å². The molecule has 0 radical (unpaired) electrons. The van der Waals surface area contributed by atoms with E-state index in [1.54, 1.807) is 6.92 Å². The number of nitrogens with zero attached hydrogens (tertiary/aromatic N) is 3. The van der Waals surface area contributed by atoms with Crippen molar-refractivity contribution in [3.8, 4) is 0 Å². The lowest BCUT2D eigenvalue weighted by Gasteiger charge is -2.38. The minimum Gasteiger partial charge on any atom is -0.371 e. The number of hydrogen-bond acceptors (Lipinski definition) is 5. The topological polar surface area (TPSA) is 82.6 Å². The molecule has 1 atom stereocenters. The summed E-state index contributed by atoms with van der Waals surface area (Å²) in [6, 6.07) is 9.92. The van der Waals surface area contributed by atoms with Crippen LogP contribution >= 0.6 is 0 Å². The van der Waals surface area contributed by atoms with E-state index < -0.39 is 10.0 Å². The Morgan fingerprint density at radius 2 is 1.79 bits per heavy atom. The molecule has 1 aromatic heterocycles. The van der Waals surface area contributed by atoms with Gasteiger partial charge in [0.05, 0.1) is 5.75 Å². The Labute approximate surface area is 197 Å². The first-order valence-electron chi connectivity index (χ1n) is 11.8. The van der Waals surface area contributed by atoms with Crippen LogP contribution in [-0.2, 0) is 16.4 Å². The van der Waals surface area contributed by atoms with Crippen LogP contribution in [0.2, 0.25) is 0 Å². The number of sulfonamides is 1. The fourth-order valence-corrected chi connectivity index (χ4v) is 5.88. The van der Waals surface area contributed by atoms with Gasteiger partial charge in [0, 0.05) is 54.9 Å². The zero-order valence-corrected chi connectivity index (χ0v) is 20.8. The highest BCUT2D eigenvalue weighted by atomic mass is 32.2. The van der Waals surface area contributed by atoms with Crippen molar-refractivity contribution in [1.82, 2.24) is 14.6 Å². The molecule has 1 aliphatic heterocycles. The summed E-state index contributed by atoms with van der Waals surface area (Å²) in [7, 11) is -1.42. The zero-order chi connectivity index (χ0) is 23.8. The van der Waals surface area contributed by atoms with Crippen molar-refractivity contribution in [2.45, 2.75) is 58.5 Å². The second-order valence-corrected chi connectivity index (χ2v) is 11.3. The van der Waals surface area contributed by atoms with Gasteiger partial charge in [-0.05, 0) is 81.8 Å². The van der Waals surface area contributed by atoms with Crippen molar-refractivity contribution in [1.29, 1.82) is 0 Å². The first-order chi connectivity index (χ1) is 15.7. The summed E-state index contributed by atoms with van der Waals surface area (Å²) in [5, 5.41) is 0. The van der Waals surface area contributed by atoms with Gasteiger partial charge in [-0.15, -0.1) is 0 Å². The second kappa shape index (κ2) is 9.43. The molecule has 178 valence electrons. The number of amides is 1. The number of carbonyl (C=O) groups is 1. The lowest BCUT2D eigenvalue weighted by Crippen LogP contribution is -2.45. The highest BCUT2D eigenvalue weighted by molar-refractivity contribution is 7.89. The van der Waals surface area contributed by atoms with Gasteiger partial charge in [0.2, 0.25) is 10.0 Å². The summed E-state index contributed by atoms with van der Waals surface area (Å²) < 4.78 is 26.9. The Bertz CT molecular complexity index is 1120. The maximum atomic E-state index is 13.3. The number of benzene rings is 1. The first kappa shape index (κ1) is 23.7. The van der Waals surface area contributed by atoms with Gasteiger partial charge in [-0.3, -0.25) is 9.78 Å². The molecular formula is C25H34N4O3S. The molecule has 2 aromatic rings. The number of carbonyl (C=O) groups excluding carboxylic acids is 1. The number of fused-ring (bicyclic) bond motifs is 1. The summed E-state index contributed by atoms with van der Waals surface area (Å²) in [4.78, 5) is 22.0. The molecule has 0 spiro atoms. The van der Waals surface area contributed by atoms with Gasteiger partial charge in [-0.2, -0.15) is 0 Å². The Hall–Kier alpha value is -2.45. The third kappa shape index (κ3) is 5.22. The Morgan fingerprint density at radius 1 is 1.12 bits per heavy atom. The number of pyridine rings is 1. The van der Waals surface area contributed by atoms with Crippen LogP contribution in [0.3, 0.4) is 0 Å². The van der Waals surface area contributed by atoms with Crippen molar-refractivity contribution in [2.24, 2.45) is 0 Å². The van der Waals surface area contributed by atoms with E-state index in [9.17, 15) is 13.2 Å². The Balaban J connectivity index is 1.43. The first-order valence-corrected chi connectivity index (χ1v) is 13.4. The van der Waals surface area contributed by atoms with Gasteiger partial charge in [0.25, 0.3) is 5.91 Å². The molecule has 1 saturated heterocycles. The van der Waals surface area contributed by atoms with Gasteiger partial charge in [-0.1, -0.05) is 6.07 Å². The lowest BCUT2D eigenvalue weighted by molar-refractivity contribution is 0.0709. The van der Waals surface area contributed by atoms with E-state index in [4.69, 9.17) is 0 Å². The van der Waals surface area contributed by atoms with Gasteiger partial charge < -0.3 is 9.80 Å². The number of nitrogens with one attached hydrogen (secondary N) is 1. The summed E-state index contributed by atoms with van der Waals surface area (Å²) in [5.74, 6) is 0.0493. The molecule has 2 aliphatic rings. The molecule has 4 rings (SSSR count). The predicted octanol–water partition coefficient (Wildman–Crippen LogP) is 3.37. The summed E-state index contributed by atoms with van der Waals surface area (Å²) in [6.07, 6.45) is 3.37. The molecule has 1 N–H and O–H groups in total. The van der Waals surface area contributed by atoms with Gasteiger partial charge in [-0.25, -0.2) is 13.1 Å². The molecule has 7 nitrogen and oxygen atoms in total. The Morgan fingerprint density at radius 3 is 2.42 bits per heavy atom. The summed E-state index contributed by atoms with van der Waals surface area (Å²) in [6.45, 7) is 7.47. The second-order valence-electron chi connectivity index (χ2n) is 9.27. The van der Waals surface area contributed by atoms with E-state index in [0.29, 0.717) is 5.56 Å². The van der Waals surface area contributed by atoms with E-state index in [2.05, 4.69) is 26.7 Å². The van der Waals surface area contributed by atoms with Crippen molar-refractivity contribution in [3.05, 3.63) is 58.4 Å². The van der Waals surface area contributed by atoms with Crippen LogP contribution in [-0.4, -0.2) is 56.1 Å². The normalized spacial score (nSPS) is 18.9. The molecule has 0 bridgehead atoms. The number of hydrogen-bond donors (Lipinski definition) is 1. The molecule has 0 saturated carbocycles. The van der Waals surface area contributed by atoms with Gasteiger partial charge in [0.15, 0.2) is 0 Å². The van der Waals surface area contributed by atoms with Crippen LogP contribution in [0.1, 0.15) is 65.1 Å². The van der Waals surface area contributed by atoms with E-state index in [1.165, 1.54) is 5.69 Å². The van der Waals surface area contributed by atoms with Crippen molar-refractivity contribution < 1.29 is 13.2 Å². The van der Waals surface area contributed by atoms with Gasteiger partial charge >= 0.3 is 0 Å². The lowest BCUT2D eigenvalue weighted by atomic mass is 10.00. The quantitative estimate of drug-likeness (QED) is 0.700. The summed E-state index contributed by atoms with van der Waals surface area (Å²) in [5.41, 5.74) is 5.93. The molecule has 1 aromatic carbocycles. The Kier molecular flexibility index (Phi) is 6.77. The number of aromatic nitrogens is 1. The third-order valence-electron chi connectivity index (χ3n) is 6.94. The minimum absolute atomic E-state index is 0.00384. The molecule has 1 amide bonds. The van der Waals surface area contributed by atoms with Crippen LogP contribution in [0.4, 0.5) is 5.69 Å². The van der Waals surface area contributed by atoms with Crippen molar-refractivity contribution in [3.63, 3.8) is 0 Å². The van der Waals surface area contributed by atoms with Crippen LogP contribution in [0.25, 0.3) is 0 Å². The monoisotopic (exact) mass is 470 g/mol. The SMILES string of the molecule is CCS(=O)(=O)NC1CCc2ccc(C(=O)N(C)C3CCN(c4cc(C)nc(C)c4)CC3)cc21. The van der Waals surface area contributed by atoms with Crippen LogP contribution in [0, 0.1) is 13.8 Å². The molecule has 1 fully saturated rings. The molecule has 8 heteroatoms. The molecular weight excluding hydrogens is 436 g/mol. The molecule has 1 aliphatic carbocycles. The smallest absolute Gasteiger partial charge is 0.253 e.